The number of hydrogen-bond donors (Lipinski definition) is 3. The molecule has 0 saturated heterocycles. The molecular formula is C20H18N4O3S. The highest BCUT2D eigenvalue weighted by molar-refractivity contribution is 7.22. The second-order valence-electron chi connectivity index (χ2n) is 6.28. The molecule has 4 rings (SSSR count). The Morgan fingerprint density at radius 2 is 2.00 bits per heavy atom. The number of hydrogen-bond acceptors (Lipinski definition) is 5. The Kier molecular flexibility index (Phi) is 4.70. The number of rotatable bonds is 5. The predicted molar refractivity (Wildman–Crippen MR) is 110 cm³/mol. The highest BCUT2D eigenvalue weighted by Crippen LogP contribution is 2.26. The molecule has 0 fully saturated rings. The number of carbonyl (C=O) groups is 2. The lowest BCUT2D eigenvalue weighted by molar-refractivity contribution is -0.117. The van der Waals surface area contributed by atoms with Gasteiger partial charge in [-0.1, -0.05) is 29.5 Å². The van der Waals surface area contributed by atoms with Gasteiger partial charge in [0.25, 0.3) is 5.91 Å². The number of H-pyrrole nitrogens is 1. The van der Waals surface area contributed by atoms with E-state index in [1.165, 1.54) is 11.3 Å². The number of nitrogens with zero attached hydrogens (tertiary/aromatic N) is 1. The van der Waals surface area contributed by atoms with Crippen LogP contribution in [0.4, 0.5) is 5.13 Å². The standard InChI is InChI=1S/C20H18N4O3S/c1-11(18(25)24-20-23-14-6-3-4-9-17(14)28-20)21-19(26)15-10-12-13(22-15)7-5-8-16(12)27-2/h3-11,22H,1-2H3,(H,21,26)(H,23,24,25)/t11-/m1/s1. The zero-order valence-corrected chi connectivity index (χ0v) is 16.1. The third-order valence-electron chi connectivity index (χ3n) is 4.35. The molecule has 2 amide bonds. The van der Waals surface area contributed by atoms with Crippen molar-refractivity contribution in [2.24, 2.45) is 0 Å². The van der Waals surface area contributed by atoms with Crippen molar-refractivity contribution >= 4 is 49.4 Å². The Morgan fingerprint density at radius 1 is 1.18 bits per heavy atom. The summed E-state index contributed by atoms with van der Waals surface area (Å²) in [6.45, 7) is 1.63. The van der Waals surface area contributed by atoms with Crippen LogP contribution < -0.4 is 15.4 Å². The molecule has 0 spiro atoms. The minimum Gasteiger partial charge on any atom is -0.496 e. The maximum absolute atomic E-state index is 12.5. The monoisotopic (exact) mass is 394 g/mol. The summed E-state index contributed by atoms with van der Waals surface area (Å²) >= 11 is 1.39. The maximum Gasteiger partial charge on any atom is 0.268 e. The highest BCUT2D eigenvalue weighted by atomic mass is 32.1. The van der Waals surface area contributed by atoms with E-state index in [0.29, 0.717) is 16.6 Å². The van der Waals surface area contributed by atoms with Crippen LogP contribution in [0.15, 0.2) is 48.5 Å². The Labute approximate surface area is 164 Å². The average molecular weight is 394 g/mol. The predicted octanol–water partition coefficient (Wildman–Crippen LogP) is 3.54. The van der Waals surface area contributed by atoms with Gasteiger partial charge in [-0.05, 0) is 37.3 Å². The first-order valence-corrected chi connectivity index (χ1v) is 9.50. The lowest BCUT2D eigenvalue weighted by atomic mass is 10.2. The summed E-state index contributed by atoms with van der Waals surface area (Å²) in [6.07, 6.45) is 0. The number of aromatic nitrogens is 2. The molecular weight excluding hydrogens is 376 g/mol. The number of anilines is 1. The summed E-state index contributed by atoms with van der Waals surface area (Å²) in [7, 11) is 1.58. The largest absolute Gasteiger partial charge is 0.496 e. The molecule has 0 aliphatic heterocycles. The van der Waals surface area contributed by atoms with Gasteiger partial charge in [-0.15, -0.1) is 0 Å². The van der Waals surface area contributed by atoms with E-state index in [0.717, 1.165) is 21.1 Å². The van der Waals surface area contributed by atoms with Crippen LogP contribution in [0.1, 0.15) is 17.4 Å². The van der Waals surface area contributed by atoms with E-state index in [-0.39, 0.29) is 11.8 Å². The van der Waals surface area contributed by atoms with Crippen LogP contribution >= 0.6 is 11.3 Å². The van der Waals surface area contributed by atoms with Gasteiger partial charge in [0.05, 0.1) is 17.3 Å². The summed E-state index contributed by atoms with van der Waals surface area (Å²) in [4.78, 5) is 32.4. The van der Waals surface area contributed by atoms with E-state index < -0.39 is 6.04 Å². The first-order chi connectivity index (χ1) is 13.5. The van der Waals surface area contributed by atoms with Crippen molar-refractivity contribution < 1.29 is 14.3 Å². The number of para-hydroxylation sites is 1. The van der Waals surface area contributed by atoms with E-state index in [9.17, 15) is 9.59 Å². The zero-order chi connectivity index (χ0) is 19.7. The fourth-order valence-corrected chi connectivity index (χ4v) is 3.78. The molecule has 2 aromatic heterocycles. The van der Waals surface area contributed by atoms with Crippen LogP contribution in [0, 0.1) is 0 Å². The van der Waals surface area contributed by atoms with Crippen LogP contribution in [0.25, 0.3) is 21.1 Å². The van der Waals surface area contributed by atoms with Crippen molar-refractivity contribution in [3.05, 3.63) is 54.2 Å². The van der Waals surface area contributed by atoms with Crippen molar-refractivity contribution in [2.45, 2.75) is 13.0 Å². The van der Waals surface area contributed by atoms with Crippen molar-refractivity contribution in [1.82, 2.24) is 15.3 Å². The van der Waals surface area contributed by atoms with Gasteiger partial charge in [-0.25, -0.2) is 4.98 Å². The third-order valence-corrected chi connectivity index (χ3v) is 5.31. The third kappa shape index (κ3) is 3.41. The van der Waals surface area contributed by atoms with Crippen molar-refractivity contribution in [3.63, 3.8) is 0 Å². The minimum absolute atomic E-state index is 0.332. The smallest absolute Gasteiger partial charge is 0.268 e. The quantitative estimate of drug-likeness (QED) is 0.482. The topological polar surface area (TPSA) is 96.1 Å². The number of nitrogens with one attached hydrogen (secondary N) is 3. The van der Waals surface area contributed by atoms with E-state index in [4.69, 9.17) is 4.74 Å². The lowest BCUT2D eigenvalue weighted by Crippen LogP contribution is -2.41. The first-order valence-electron chi connectivity index (χ1n) is 8.68. The van der Waals surface area contributed by atoms with Crippen molar-refractivity contribution in [3.8, 4) is 5.75 Å². The normalized spacial score (nSPS) is 12.1. The van der Waals surface area contributed by atoms with Gasteiger partial charge in [0.15, 0.2) is 5.13 Å². The fourth-order valence-electron chi connectivity index (χ4n) is 2.91. The number of aromatic amines is 1. The first kappa shape index (κ1) is 18.0. The van der Waals surface area contributed by atoms with E-state index in [2.05, 4.69) is 20.6 Å². The number of fused-ring (bicyclic) bond motifs is 2. The maximum atomic E-state index is 12.5. The summed E-state index contributed by atoms with van der Waals surface area (Å²) < 4.78 is 6.30. The van der Waals surface area contributed by atoms with Crippen LogP contribution in [0.5, 0.6) is 5.75 Å². The van der Waals surface area contributed by atoms with E-state index >= 15 is 0 Å². The second kappa shape index (κ2) is 7.32. The van der Waals surface area contributed by atoms with Crippen LogP contribution in [-0.4, -0.2) is 34.9 Å². The lowest BCUT2D eigenvalue weighted by Gasteiger charge is -2.12. The summed E-state index contributed by atoms with van der Waals surface area (Å²) in [5, 5.41) is 6.77. The summed E-state index contributed by atoms with van der Waals surface area (Å²) in [6, 6.07) is 14.2. The molecule has 0 unspecified atom stereocenters. The molecule has 8 heteroatoms. The Balaban J connectivity index is 1.45. The van der Waals surface area contributed by atoms with Crippen LogP contribution in [0.2, 0.25) is 0 Å². The number of amides is 2. The Hall–Kier alpha value is -3.39. The van der Waals surface area contributed by atoms with Crippen LogP contribution in [0.3, 0.4) is 0 Å². The molecule has 142 valence electrons. The molecule has 2 aromatic carbocycles. The molecule has 0 aliphatic rings. The fraction of sp³-hybridized carbons (Fsp3) is 0.150. The number of carbonyl (C=O) groups excluding carboxylic acids is 2. The zero-order valence-electron chi connectivity index (χ0n) is 15.3. The molecule has 3 N–H and O–H groups in total. The molecule has 0 radical (unpaired) electrons. The van der Waals surface area contributed by atoms with Gasteiger partial charge in [0.2, 0.25) is 5.91 Å². The van der Waals surface area contributed by atoms with Gasteiger partial charge in [0, 0.05) is 10.9 Å². The highest BCUT2D eigenvalue weighted by Gasteiger charge is 2.19. The van der Waals surface area contributed by atoms with Crippen molar-refractivity contribution in [2.75, 3.05) is 12.4 Å². The Morgan fingerprint density at radius 3 is 2.79 bits per heavy atom. The van der Waals surface area contributed by atoms with Crippen LogP contribution in [-0.2, 0) is 4.79 Å². The van der Waals surface area contributed by atoms with E-state index in [1.807, 2.05) is 42.5 Å². The average Bonchev–Trinajstić information content (AvgIpc) is 3.30. The molecule has 28 heavy (non-hydrogen) atoms. The second-order valence-corrected chi connectivity index (χ2v) is 7.31. The van der Waals surface area contributed by atoms with Gasteiger partial charge >= 0.3 is 0 Å². The molecule has 1 atom stereocenters. The van der Waals surface area contributed by atoms with E-state index in [1.54, 1.807) is 20.1 Å². The number of ether oxygens (including phenoxy) is 1. The molecule has 7 nitrogen and oxygen atoms in total. The molecule has 4 aromatic rings. The van der Waals surface area contributed by atoms with Crippen molar-refractivity contribution in [1.29, 1.82) is 0 Å². The molecule has 0 saturated carbocycles. The summed E-state index contributed by atoms with van der Waals surface area (Å²) in [5.41, 5.74) is 1.97. The van der Waals surface area contributed by atoms with Gasteiger partial charge in [-0.3, -0.25) is 9.59 Å². The molecule has 0 aliphatic carbocycles. The van der Waals surface area contributed by atoms with Gasteiger partial charge in [-0.2, -0.15) is 0 Å². The number of benzene rings is 2. The molecule has 2 heterocycles. The number of thiazole rings is 1. The number of methoxy groups -OCH3 is 1. The molecule has 0 bridgehead atoms. The SMILES string of the molecule is COc1cccc2[nH]c(C(=O)N[C@H](C)C(=O)Nc3nc4ccccc4s3)cc12. The summed E-state index contributed by atoms with van der Waals surface area (Å²) in [5.74, 6) is -0.0271. The van der Waals surface area contributed by atoms with Gasteiger partial charge in [0.1, 0.15) is 17.5 Å². The van der Waals surface area contributed by atoms with Gasteiger partial charge < -0.3 is 20.4 Å². The Bertz CT molecular complexity index is 1150. The minimum atomic E-state index is -0.729.